The maximum atomic E-state index is 10.3. The van der Waals surface area contributed by atoms with Crippen LogP contribution < -0.4 is 5.73 Å². The molecule has 0 spiro atoms. The van der Waals surface area contributed by atoms with Gasteiger partial charge in [0.15, 0.2) is 0 Å². The van der Waals surface area contributed by atoms with E-state index in [0.717, 1.165) is 0 Å². The SMILES string of the molecule is [C-]#[N+][C-](C)[C-](C)C(N)=O.[Y].[Y].[Y]. The normalized spacial score (nSPS) is 5.75. The molecule has 0 saturated carbocycles. The van der Waals surface area contributed by atoms with E-state index in [1.165, 1.54) is 6.92 Å². The number of carbonyl (C=O) groups is 1. The molecule has 0 aliphatic heterocycles. The molecule has 0 bridgehead atoms. The monoisotopic (exact) mass is 391 g/mol. The van der Waals surface area contributed by atoms with Gasteiger partial charge < -0.3 is 21.3 Å². The summed E-state index contributed by atoms with van der Waals surface area (Å²) < 4.78 is 0. The molecular formula is C6H8N2OY3-2. The van der Waals surface area contributed by atoms with Gasteiger partial charge in [-0.05, 0) is 0 Å². The molecule has 0 rings (SSSR count). The molecule has 0 aromatic heterocycles. The Labute approximate surface area is 149 Å². The first-order chi connectivity index (χ1) is 4.09. The summed E-state index contributed by atoms with van der Waals surface area (Å²) in [6.45, 7) is 9.59. The average Bonchev–Trinajstić information content (AvgIpc) is 1.84. The van der Waals surface area contributed by atoms with Crippen molar-refractivity contribution in [2.24, 2.45) is 5.73 Å². The third-order valence-corrected chi connectivity index (χ3v) is 1.08. The minimum absolute atomic E-state index is 0. The quantitative estimate of drug-likeness (QED) is 0.687. The molecule has 0 fully saturated rings. The van der Waals surface area contributed by atoms with Gasteiger partial charge in [0.1, 0.15) is 0 Å². The third-order valence-electron chi connectivity index (χ3n) is 1.08. The zero-order valence-electron chi connectivity index (χ0n) is 7.16. The molecule has 1 amide bonds. The summed E-state index contributed by atoms with van der Waals surface area (Å²) in [5.74, 6) is -0.187. The van der Waals surface area contributed by atoms with Crippen LogP contribution in [-0.2, 0) is 103 Å². The molecular weight excluding hydrogens is 383 g/mol. The molecule has 0 atom stereocenters. The van der Waals surface area contributed by atoms with E-state index in [1.807, 2.05) is 0 Å². The Morgan fingerprint density at radius 2 is 1.67 bits per heavy atom. The molecule has 0 heterocycles. The molecule has 2 N–H and O–H groups in total. The van der Waals surface area contributed by atoms with Crippen LogP contribution in [0, 0.1) is 18.5 Å². The van der Waals surface area contributed by atoms with Gasteiger partial charge in [0.2, 0.25) is 0 Å². The predicted octanol–water partition coefficient (Wildman–Crippen LogP) is 0.530. The van der Waals surface area contributed by atoms with E-state index < -0.39 is 5.91 Å². The third kappa shape index (κ3) is 10.1. The fourth-order valence-corrected chi connectivity index (χ4v) is 0.262. The van der Waals surface area contributed by atoms with Gasteiger partial charge in [-0.2, -0.15) is 13.0 Å². The average molecular weight is 391 g/mol. The largest absolute Gasteiger partial charge is 0.489 e. The number of hydrogen-bond acceptors (Lipinski definition) is 1. The first kappa shape index (κ1) is 23.7. The summed E-state index contributed by atoms with van der Waals surface area (Å²) in [6.07, 6.45) is 0. The second-order valence-corrected chi connectivity index (χ2v) is 1.69. The van der Waals surface area contributed by atoms with Gasteiger partial charge in [-0.3, -0.25) is 6.57 Å². The Kier molecular flexibility index (Phi) is 25.7. The Hall–Kier alpha value is 2.01. The topological polar surface area (TPSA) is 47.5 Å². The van der Waals surface area contributed by atoms with Crippen LogP contribution in [0.4, 0.5) is 0 Å². The van der Waals surface area contributed by atoms with Crippen LogP contribution in [-0.4, -0.2) is 5.91 Å². The number of carbonyl (C=O) groups excluding carboxylic acids is 1. The van der Waals surface area contributed by atoms with E-state index in [4.69, 9.17) is 12.3 Å². The first-order valence-electron chi connectivity index (χ1n) is 2.44. The van der Waals surface area contributed by atoms with Crippen molar-refractivity contribution in [3.8, 4) is 0 Å². The van der Waals surface area contributed by atoms with Crippen molar-refractivity contribution in [3.05, 3.63) is 23.4 Å². The van der Waals surface area contributed by atoms with Crippen LogP contribution in [0.15, 0.2) is 0 Å². The molecule has 0 saturated heterocycles. The van der Waals surface area contributed by atoms with E-state index in [2.05, 4.69) is 4.85 Å². The van der Waals surface area contributed by atoms with Crippen molar-refractivity contribution in [1.82, 2.24) is 0 Å². The second kappa shape index (κ2) is 13.0. The predicted molar refractivity (Wildman–Crippen MR) is 33.6 cm³/mol. The molecule has 6 heteroatoms. The van der Waals surface area contributed by atoms with Crippen LogP contribution in [0.5, 0.6) is 0 Å². The molecule has 12 heavy (non-hydrogen) atoms. The molecule has 0 unspecified atom stereocenters. The second-order valence-electron chi connectivity index (χ2n) is 1.69. The van der Waals surface area contributed by atoms with Crippen molar-refractivity contribution >= 4 is 5.91 Å². The summed E-state index contributed by atoms with van der Waals surface area (Å²) in [5.41, 5.74) is 4.87. The molecule has 0 aliphatic carbocycles. The van der Waals surface area contributed by atoms with Crippen molar-refractivity contribution in [3.63, 3.8) is 0 Å². The van der Waals surface area contributed by atoms with Gasteiger partial charge >= 0.3 is 0 Å². The fraction of sp³-hybridized carbons (Fsp3) is 0.333. The standard InChI is InChI=1S/C6H8N2O.3Y/c1-4(6(7)9)5(2)8-3;;;/h1-2H3,(H2,7,9);;;/q-2;;;. The van der Waals surface area contributed by atoms with E-state index in [0.29, 0.717) is 12.0 Å². The van der Waals surface area contributed by atoms with Gasteiger partial charge in [0.25, 0.3) is 0 Å². The Morgan fingerprint density at radius 1 is 1.33 bits per heavy atom. The minimum Gasteiger partial charge on any atom is -0.489 e. The number of amides is 1. The first-order valence-corrected chi connectivity index (χ1v) is 2.44. The molecule has 0 aromatic carbocycles. The molecule has 0 aromatic rings. The van der Waals surface area contributed by atoms with Gasteiger partial charge in [0, 0.05) is 98.1 Å². The van der Waals surface area contributed by atoms with Crippen LogP contribution in [0.3, 0.4) is 0 Å². The van der Waals surface area contributed by atoms with Gasteiger partial charge in [0.05, 0.1) is 5.91 Å². The molecule has 3 radical (unpaired) electrons. The number of hydrogen-bond donors (Lipinski definition) is 1. The van der Waals surface area contributed by atoms with Gasteiger partial charge in [-0.15, -0.1) is 6.92 Å². The Balaban J connectivity index is -0.000000107. The minimum atomic E-state index is -0.525. The van der Waals surface area contributed by atoms with Gasteiger partial charge in [-0.25, -0.2) is 0 Å². The summed E-state index contributed by atoms with van der Waals surface area (Å²) in [7, 11) is 0. The van der Waals surface area contributed by atoms with E-state index in [-0.39, 0.29) is 98.1 Å². The van der Waals surface area contributed by atoms with Crippen molar-refractivity contribution < 1.29 is 103 Å². The maximum absolute atomic E-state index is 10.3. The summed E-state index contributed by atoms with van der Waals surface area (Å²) in [4.78, 5) is 13.4. The zero-order chi connectivity index (χ0) is 7.44. The number of nitrogens with zero attached hydrogens (tertiary/aromatic N) is 1. The van der Waals surface area contributed by atoms with Crippen LogP contribution in [0.25, 0.3) is 4.85 Å². The summed E-state index contributed by atoms with van der Waals surface area (Å²) in [5, 5.41) is 0. The van der Waals surface area contributed by atoms with Crippen LogP contribution in [0.1, 0.15) is 13.8 Å². The zero-order valence-corrected chi connectivity index (χ0v) is 15.7. The van der Waals surface area contributed by atoms with Crippen LogP contribution >= 0.6 is 0 Å². The smallest absolute Gasteiger partial charge is 0.0611 e. The number of primary amides is 1. The molecule has 59 valence electrons. The van der Waals surface area contributed by atoms with E-state index in [1.54, 1.807) is 6.92 Å². The van der Waals surface area contributed by atoms with E-state index in [9.17, 15) is 4.79 Å². The van der Waals surface area contributed by atoms with Crippen molar-refractivity contribution in [2.45, 2.75) is 13.8 Å². The summed E-state index contributed by atoms with van der Waals surface area (Å²) >= 11 is 0. The number of nitrogens with two attached hydrogens (primary N) is 1. The van der Waals surface area contributed by atoms with E-state index >= 15 is 0 Å². The molecule has 3 nitrogen and oxygen atoms in total. The van der Waals surface area contributed by atoms with Crippen molar-refractivity contribution in [1.29, 1.82) is 0 Å². The Morgan fingerprint density at radius 3 is 1.75 bits per heavy atom. The Bertz CT molecular complexity index is 157. The maximum Gasteiger partial charge on any atom is 0.0611 e. The van der Waals surface area contributed by atoms with Crippen molar-refractivity contribution in [2.75, 3.05) is 0 Å². The number of rotatable bonds is 2. The molecule has 0 aliphatic rings. The van der Waals surface area contributed by atoms with Crippen LogP contribution in [0.2, 0.25) is 0 Å². The van der Waals surface area contributed by atoms with Gasteiger partial charge in [-0.1, -0.05) is 0 Å². The fourth-order valence-electron chi connectivity index (χ4n) is 0.262. The summed E-state index contributed by atoms with van der Waals surface area (Å²) in [6, 6.07) is 0.363.